The van der Waals surface area contributed by atoms with Gasteiger partial charge < -0.3 is 19.9 Å². The Morgan fingerprint density at radius 2 is 1.77 bits per heavy atom. The molecule has 2 N–H and O–H groups in total. The first-order chi connectivity index (χ1) is 10.4. The van der Waals surface area contributed by atoms with Gasteiger partial charge in [0.25, 0.3) is 5.89 Å². The van der Waals surface area contributed by atoms with Crippen molar-refractivity contribution in [1.82, 2.24) is 25.1 Å². The van der Waals surface area contributed by atoms with E-state index in [0.29, 0.717) is 38.1 Å². The fourth-order valence-electron chi connectivity index (χ4n) is 2.00. The maximum Gasteiger partial charge on any atom is 0.295 e. The van der Waals surface area contributed by atoms with Crippen LogP contribution >= 0.6 is 0 Å². The second-order valence-electron chi connectivity index (χ2n) is 6.09. The normalized spacial score (nSPS) is 16.0. The van der Waals surface area contributed by atoms with E-state index in [0.717, 1.165) is 0 Å². The molecule has 22 heavy (non-hydrogen) atoms. The van der Waals surface area contributed by atoms with Crippen LogP contribution in [0.5, 0.6) is 0 Å². The number of nitrogens with two attached hydrogens (primary N) is 1. The van der Waals surface area contributed by atoms with Gasteiger partial charge >= 0.3 is 0 Å². The van der Waals surface area contributed by atoms with E-state index in [1.165, 1.54) is 0 Å². The lowest BCUT2D eigenvalue weighted by Crippen LogP contribution is -2.37. The van der Waals surface area contributed by atoms with Crippen molar-refractivity contribution >= 4 is 11.9 Å². The first-order valence-electron chi connectivity index (χ1n) is 7.12. The summed E-state index contributed by atoms with van der Waals surface area (Å²) in [5, 5.41) is 3.97. The van der Waals surface area contributed by atoms with Crippen molar-refractivity contribution in [2.24, 2.45) is 0 Å². The van der Waals surface area contributed by atoms with E-state index >= 15 is 0 Å². The van der Waals surface area contributed by atoms with Gasteiger partial charge in [0.2, 0.25) is 17.7 Å². The largest absolute Gasteiger partial charge is 0.378 e. The SMILES string of the molecule is CC(C)(C)c1noc(-c2nc(N)nc(N3CCOCC3)n2)n1. The number of hydrogen-bond acceptors (Lipinski definition) is 9. The molecule has 0 radical (unpaired) electrons. The van der Waals surface area contributed by atoms with Crippen molar-refractivity contribution in [3.63, 3.8) is 0 Å². The van der Waals surface area contributed by atoms with E-state index in [-0.39, 0.29) is 23.1 Å². The quantitative estimate of drug-likeness (QED) is 0.852. The topological polar surface area (TPSA) is 116 Å². The average Bonchev–Trinajstić information content (AvgIpc) is 2.97. The number of ether oxygens (including phenoxy) is 1. The number of hydrogen-bond donors (Lipinski definition) is 1. The second-order valence-corrected chi connectivity index (χ2v) is 6.09. The van der Waals surface area contributed by atoms with Gasteiger partial charge in [0.05, 0.1) is 13.2 Å². The van der Waals surface area contributed by atoms with E-state index in [1.54, 1.807) is 0 Å². The Morgan fingerprint density at radius 1 is 1.05 bits per heavy atom. The number of rotatable bonds is 2. The molecule has 1 saturated heterocycles. The van der Waals surface area contributed by atoms with Crippen LogP contribution in [-0.2, 0) is 10.2 Å². The van der Waals surface area contributed by atoms with Crippen molar-refractivity contribution in [3.8, 4) is 11.7 Å². The number of morpholine rings is 1. The second kappa shape index (κ2) is 5.48. The first kappa shape index (κ1) is 14.6. The molecular formula is C13H19N7O2. The fourth-order valence-corrected chi connectivity index (χ4v) is 2.00. The standard InChI is InChI=1S/C13H19N7O2/c1-13(2,3)10-17-9(22-19-10)8-15-11(14)18-12(16-8)20-4-6-21-7-5-20/h4-7H2,1-3H3,(H2,14,15,16,18). The molecule has 1 aliphatic heterocycles. The van der Waals surface area contributed by atoms with Gasteiger partial charge in [-0.25, -0.2) is 0 Å². The van der Waals surface area contributed by atoms with Crippen molar-refractivity contribution in [2.75, 3.05) is 36.9 Å². The molecule has 0 amide bonds. The Bertz CT molecular complexity index is 659. The molecular weight excluding hydrogens is 286 g/mol. The van der Waals surface area contributed by atoms with Crippen LogP contribution in [0.2, 0.25) is 0 Å². The van der Waals surface area contributed by atoms with Crippen LogP contribution in [0.1, 0.15) is 26.6 Å². The first-order valence-corrected chi connectivity index (χ1v) is 7.12. The van der Waals surface area contributed by atoms with Gasteiger partial charge in [-0.15, -0.1) is 0 Å². The number of nitrogens with zero attached hydrogens (tertiary/aromatic N) is 6. The predicted octanol–water partition coefficient (Wildman–Crippen LogP) is 0.638. The van der Waals surface area contributed by atoms with Gasteiger partial charge in [0.1, 0.15) is 0 Å². The third-order valence-electron chi connectivity index (χ3n) is 3.22. The molecule has 0 saturated carbocycles. The molecule has 0 aliphatic carbocycles. The Hall–Kier alpha value is -2.29. The molecule has 0 aromatic carbocycles. The molecule has 9 nitrogen and oxygen atoms in total. The number of anilines is 2. The number of aromatic nitrogens is 5. The highest BCUT2D eigenvalue weighted by Crippen LogP contribution is 2.23. The molecule has 0 spiro atoms. The van der Waals surface area contributed by atoms with Crippen LogP contribution in [0, 0.1) is 0 Å². The molecule has 9 heteroatoms. The summed E-state index contributed by atoms with van der Waals surface area (Å²) in [6.45, 7) is 8.69. The van der Waals surface area contributed by atoms with Crippen LogP contribution in [0.15, 0.2) is 4.52 Å². The van der Waals surface area contributed by atoms with Gasteiger partial charge in [-0.05, 0) is 0 Å². The molecule has 0 atom stereocenters. The smallest absolute Gasteiger partial charge is 0.295 e. The minimum atomic E-state index is -0.215. The number of nitrogen functional groups attached to an aromatic ring is 1. The molecule has 3 heterocycles. The molecule has 2 aromatic heterocycles. The third kappa shape index (κ3) is 2.98. The summed E-state index contributed by atoms with van der Waals surface area (Å²) >= 11 is 0. The maximum atomic E-state index is 5.79. The van der Waals surface area contributed by atoms with Crippen molar-refractivity contribution in [1.29, 1.82) is 0 Å². The lowest BCUT2D eigenvalue weighted by molar-refractivity contribution is 0.122. The zero-order valence-corrected chi connectivity index (χ0v) is 12.9. The van der Waals surface area contributed by atoms with Crippen LogP contribution in [0.25, 0.3) is 11.7 Å². The minimum absolute atomic E-state index is 0.127. The van der Waals surface area contributed by atoms with Crippen molar-refractivity contribution in [3.05, 3.63) is 5.82 Å². The average molecular weight is 305 g/mol. The monoisotopic (exact) mass is 305 g/mol. The Morgan fingerprint density at radius 3 is 2.41 bits per heavy atom. The molecule has 0 unspecified atom stereocenters. The summed E-state index contributed by atoms with van der Waals surface area (Å²) in [6, 6.07) is 0. The molecule has 1 aliphatic rings. The van der Waals surface area contributed by atoms with Crippen LogP contribution in [0.3, 0.4) is 0 Å². The van der Waals surface area contributed by atoms with E-state index in [4.69, 9.17) is 15.0 Å². The van der Waals surface area contributed by atoms with Crippen LogP contribution in [0.4, 0.5) is 11.9 Å². The van der Waals surface area contributed by atoms with E-state index < -0.39 is 0 Å². The van der Waals surface area contributed by atoms with Gasteiger partial charge in [-0.2, -0.15) is 19.9 Å². The highest BCUT2D eigenvalue weighted by Gasteiger charge is 2.24. The maximum absolute atomic E-state index is 5.79. The summed E-state index contributed by atoms with van der Waals surface area (Å²) in [6.07, 6.45) is 0. The van der Waals surface area contributed by atoms with Crippen molar-refractivity contribution in [2.45, 2.75) is 26.2 Å². The molecule has 0 bridgehead atoms. The molecule has 1 fully saturated rings. The highest BCUT2D eigenvalue weighted by molar-refractivity contribution is 5.48. The zero-order chi connectivity index (χ0) is 15.7. The van der Waals surface area contributed by atoms with Crippen molar-refractivity contribution < 1.29 is 9.26 Å². The summed E-state index contributed by atoms with van der Waals surface area (Å²) in [5.74, 6) is 1.75. The van der Waals surface area contributed by atoms with Gasteiger partial charge in [-0.1, -0.05) is 25.9 Å². The van der Waals surface area contributed by atoms with E-state index in [2.05, 4.69) is 25.1 Å². The Kier molecular flexibility index (Phi) is 3.65. The highest BCUT2D eigenvalue weighted by atomic mass is 16.5. The predicted molar refractivity (Wildman–Crippen MR) is 79.3 cm³/mol. The van der Waals surface area contributed by atoms with E-state index in [9.17, 15) is 0 Å². The van der Waals surface area contributed by atoms with Gasteiger partial charge in [0.15, 0.2) is 5.82 Å². The van der Waals surface area contributed by atoms with E-state index in [1.807, 2.05) is 25.7 Å². The summed E-state index contributed by atoms with van der Waals surface area (Å²) < 4.78 is 10.6. The molecule has 118 valence electrons. The van der Waals surface area contributed by atoms with Gasteiger partial charge in [0, 0.05) is 18.5 Å². The molecule has 2 aromatic rings. The van der Waals surface area contributed by atoms with Crippen LogP contribution in [-0.4, -0.2) is 51.4 Å². The van der Waals surface area contributed by atoms with Gasteiger partial charge in [-0.3, -0.25) is 0 Å². The Labute approximate surface area is 127 Å². The minimum Gasteiger partial charge on any atom is -0.378 e. The third-order valence-corrected chi connectivity index (χ3v) is 3.22. The summed E-state index contributed by atoms with van der Waals surface area (Å²) in [4.78, 5) is 19.0. The summed E-state index contributed by atoms with van der Waals surface area (Å²) in [7, 11) is 0. The molecule has 3 rings (SSSR count). The summed E-state index contributed by atoms with van der Waals surface area (Å²) in [5.41, 5.74) is 5.57. The lowest BCUT2D eigenvalue weighted by atomic mass is 9.96. The zero-order valence-electron chi connectivity index (χ0n) is 12.9. The lowest BCUT2D eigenvalue weighted by Gasteiger charge is -2.26. The Balaban J connectivity index is 1.93. The fraction of sp³-hybridized carbons (Fsp3) is 0.615. The van der Waals surface area contributed by atoms with Crippen LogP contribution < -0.4 is 10.6 Å².